The van der Waals surface area contributed by atoms with Crippen LogP contribution in [0.15, 0.2) is 66.7 Å². The van der Waals surface area contributed by atoms with E-state index in [0.29, 0.717) is 16.9 Å². The highest BCUT2D eigenvalue weighted by Gasteiger charge is 2.76. The zero-order valence-electron chi connectivity index (χ0n) is 22.2. The maximum absolute atomic E-state index is 14.3. The van der Waals surface area contributed by atoms with Gasteiger partial charge in [-0.15, -0.1) is 0 Å². The van der Waals surface area contributed by atoms with Gasteiger partial charge in [0.15, 0.2) is 5.78 Å². The van der Waals surface area contributed by atoms with E-state index in [2.05, 4.69) is 10.6 Å². The minimum atomic E-state index is -1.31. The molecule has 2 bridgehead atoms. The summed E-state index contributed by atoms with van der Waals surface area (Å²) in [4.78, 5) is 55.8. The number of nitrogens with one attached hydrogen (secondary N) is 2. The number of para-hydroxylation sites is 1. The van der Waals surface area contributed by atoms with E-state index in [1.807, 2.05) is 30.4 Å². The van der Waals surface area contributed by atoms with Crippen LogP contribution in [0.4, 0.5) is 11.4 Å². The smallest absolute Gasteiger partial charge is 0.246 e. The maximum atomic E-state index is 14.3. The van der Waals surface area contributed by atoms with Crippen LogP contribution in [0.2, 0.25) is 0 Å². The van der Waals surface area contributed by atoms with Crippen molar-refractivity contribution >= 4 is 34.9 Å². The minimum absolute atomic E-state index is 0.0255. The van der Waals surface area contributed by atoms with Gasteiger partial charge in [-0.2, -0.15) is 0 Å². The molecule has 6 rings (SSSR count). The first-order chi connectivity index (χ1) is 18.7. The predicted molar refractivity (Wildman–Crippen MR) is 146 cm³/mol. The molecule has 1 saturated carbocycles. The summed E-state index contributed by atoms with van der Waals surface area (Å²) in [5.41, 5.74) is -0.860. The number of carbonyl (C=O) groups is 4. The van der Waals surface area contributed by atoms with Crippen LogP contribution in [0.1, 0.15) is 56.3 Å². The van der Waals surface area contributed by atoms with Gasteiger partial charge >= 0.3 is 0 Å². The number of hydrogen-bond acceptors (Lipinski definition) is 5. The van der Waals surface area contributed by atoms with Crippen LogP contribution in [0.25, 0.3) is 0 Å². The number of ketones is 1. The molecule has 0 aromatic heterocycles. The summed E-state index contributed by atoms with van der Waals surface area (Å²) in [6.07, 6.45) is 8.64. The molecule has 8 nitrogen and oxygen atoms in total. The van der Waals surface area contributed by atoms with E-state index in [-0.39, 0.29) is 29.5 Å². The molecule has 3 amide bonds. The van der Waals surface area contributed by atoms with Crippen molar-refractivity contribution in [1.82, 2.24) is 5.32 Å². The van der Waals surface area contributed by atoms with Gasteiger partial charge in [0.2, 0.25) is 17.7 Å². The maximum Gasteiger partial charge on any atom is 0.246 e. The average molecular weight is 528 g/mol. The molecule has 1 aliphatic carbocycles. The lowest BCUT2D eigenvalue weighted by Gasteiger charge is -2.34. The van der Waals surface area contributed by atoms with Gasteiger partial charge in [-0.25, -0.2) is 0 Å². The SMILES string of the molecule is CC(=O)c1cccc(N2C(=O)[C@H]3[C@@H](C(=O)Nc4ccccc4)[C@@]4(C)C=C[C@]3(O4)[C@H]2C(=O)NC2CCCCC2)c1. The van der Waals surface area contributed by atoms with E-state index in [1.165, 1.54) is 11.8 Å². The van der Waals surface area contributed by atoms with E-state index in [9.17, 15) is 19.2 Å². The van der Waals surface area contributed by atoms with Crippen LogP contribution in [0.5, 0.6) is 0 Å². The highest BCUT2D eigenvalue weighted by Crippen LogP contribution is 2.60. The number of ether oxygens (including phenoxy) is 1. The highest BCUT2D eigenvalue weighted by molar-refractivity contribution is 6.12. The lowest BCUT2D eigenvalue weighted by molar-refractivity contribution is -0.131. The van der Waals surface area contributed by atoms with Crippen LogP contribution in [-0.2, 0) is 19.1 Å². The fourth-order valence-corrected chi connectivity index (χ4v) is 6.96. The summed E-state index contributed by atoms with van der Waals surface area (Å²) in [5, 5.41) is 6.13. The Morgan fingerprint density at radius 2 is 1.69 bits per heavy atom. The normalized spacial score (nSPS) is 31.3. The van der Waals surface area contributed by atoms with Gasteiger partial charge in [0.05, 0.1) is 17.4 Å². The van der Waals surface area contributed by atoms with Crippen molar-refractivity contribution < 1.29 is 23.9 Å². The molecule has 202 valence electrons. The van der Waals surface area contributed by atoms with E-state index in [1.54, 1.807) is 43.3 Å². The molecule has 8 heteroatoms. The minimum Gasteiger partial charge on any atom is -0.356 e. The fraction of sp³-hybridized carbons (Fsp3) is 0.419. The largest absolute Gasteiger partial charge is 0.356 e. The first-order valence-electron chi connectivity index (χ1n) is 13.7. The molecule has 3 aliphatic heterocycles. The van der Waals surface area contributed by atoms with Crippen LogP contribution >= 0.6 is 0 Å². The average Bonchev–Trinajstić information content (AvgIpc) is 3.50. The summed E-state index contributed by atoms with van der Waals surface area (Å²) in [6.45, 7) is 3.26. The number of Topliss-reactive ketones (excluding diaryl/α,β-unsaturated/α-hetero) is 1. The predicted octanol–water partition coefficient (Wildman–Crippen LogP) is 4.02. The lowest BCUT2D eigenvalue weighted by Crippen LogP contribution is -2.56. The second kappa shape index (κ2) is 9.45. The Balaban J connectivity index is 1.41. The molecule has 4 aliphatic rings. The zero-order valence-corrected chi connectivity index (χ0v) is 22.2. The topological polar surface area (TPSA) is 105 Å². The van der Waals surface area contributed by atoms with Crippen molar-refractivity contribution in [2.75, 3.05) is 10.2 Å². The summed E-state index contributed by atoms with van der Waals surface area (Å²) < 4.78 is 6.60. The Morgan fingerprint density at radius 1 is 0.949 bits per heavy atom. The number of amides is 3. The third kappa shape index (κ3) is 4.09. The van der Waals surface area contributed by atoms with Gasteiger partial charge in [0.1, 0.15) is 11.6 Å². The standard InChI is InChI=1S/C31H33N3O5/c1-19(35)20-10-9-15-23(18-20)34-26(28(37)33-22-13-7-4-8-14-22)31-17-16-30(2,39-31)24(25(31)29(34)38)27(36)32-21-11-5-3-6-12-21/h3,5-6,9-12,15-18,22,24-26H,4,7-8,13-14H2,1-2H3,(H,32,36)(H,33,37)/t24-,25+,26+,30+,31+/m0/s1. The molecule has 2 N–H and O–H groups in total. The van der Waals surface area contributed by atoms with Crippen LogP contribution in [-0.4, -0.2) is 46.8 Å². The van der Waals surface area contributed by atoms with Crippen molar-refractivity contribution in [1.29, 1.82) is 0 Å². The number of fused-ring (bicyclic) bond motifs is 1. The van der Waals surface area contributed by atoms with Gasteiger partial charge in [-0.3, -0.25) is 24.1 Å². The van der Waals surface area contributed by atoms with Crippen molar-refractivity contribution in [2.45, 2.75) is 69.2 Å². The summed E-state index contributed by atoms with van der Waals surface area (Å²) in [6, 6.07) is 14.8. The van der Waals surface area contributed by atoms with Gasteiger partial charge < -0.3 is 15.4 Å². The Bertz CT molecular complexity index is 1370. The number of nitrogens with zero attached hydrogens (tertiary/aromatic N) is 1. The van der Waals surface area contributed by atoms with Gasteiger partial charge in [-0.05, 0) is 51.0 Å². The first-order valence-corrected chi connectivity index (χ1v) is 13.7. The molecular formula is C31H33N3O5. The van der Waals surface area contributed by atoms with Gasteiger partial charge in [-0.1, -0.05) is 61.7 Å². The molecule has 39 heavy (non-hydrogen) atoms. The Labute approximate surface area is 227 Å². The lowest BCUT2D eigenvalue weighted by atomic mass is 9.70. The molecule has 2 aromatic rings. The van der Waals surface area contributed by atoms with Crippen LogP contribution < -0.4 is 15.5 Å². The Hall–Kier alpha value is -3.78. The van der Waals surface area contributed by atoms with Crippen molar-refractivity contribution in [3.05, 3.63) is 72.3 Å². The zero-order chi connectivity index (χ0) is 27.4. The van der Waals surface area contributed by atoms with Crippen molar-refractivity contribution in [2.24, 2.45) is 11.8 Å². The number of rotatable bonds is 6. The Morgan fingerprint density at radius 3 is 2.41 bits per heavy atom. The van der Waals surface area contributed by atoms with Crippen molar-refractivity contribution in [3.63, 3.8) is 0 Å². The number of carbonyl (C=O) groups excluding carboxylic acids is 4. The molecule has 1 spiro atoms. The molecule has 0 radical (unpaired) electrons. The van der Waals surface area contributed by atoms with Crippen LogP contribution in [0, 0.1) is 11.8 Å². The van der Waals surface area contributed by atoms with Crippen LogP contribution in [0.3, 0.4) is 0 Å². The number of anilines is 2. The highest BCUT2D eigenvalue weighted by atomic mass is 16.5. The van der Waals surface area contributed by atoms with E-state index in [0.717, 1.165) is 32.1 Å². The van der Waals surface area contributed by atoms with Gasteiger partial charge in [0, 0.05) is 23.0 Å². The first kappa shape index (κ1) is 25.5. The Kier molecular flexibility index (Phi) is 6.18. The number of benzene rings is 2. The molecule has 3 heterocycles. The van der Waals surface area contributed by atoms with E-state index in [4.69, 9.17) is 4.74 Å². The molecular weight excluding hydrogens is 494 g/mol. The third-order valence-corrected chi connectivity index (χ3v) is 8.75. The molecule has 3 fully saturated rings. The number of hydrogen-bond donors (Lipinski definition) is 2. The summed E-state index contributed by atoms with van der Waals surface area (Å²) >= 11 is 0. The van der Waals surface area contributed by atoms with E-state index < -0.39 is 29.1 Å². The van der Waals surface area contributed by atoms with Gasteiger partial charge in [0.25, 0.3) is 0 Å². The quantitative estimate of drug-likeness (QED) is 0.436. The fourth-order valence-electron chi connectivity index (χ4n) is 6.96. The molecule has 2 saturated heterocycles. The van der Waals surface area contributed by atoms with Crippen molar-refractivity contribution in [3.8, 4) is 0 Å². The second-order valence-corrected chi connectivity index (χ2v) is 11.3. The molecule has 5 atom stereocenters. The monoisotopic (exact) mass is 527 g/mol. The summed E-state index contributed by atoms with van der Waals surface area (Å²) in [7, 11) is 0. The second-order valence-electron chi connectivity index (χ2n) is 11.3. The molecule has 0 unspecified atom stereocenters. The molecule has 2 aromatic carbocycles. The summed E-state index contributed by atoms with van der Waals surface area (Å²) in [5.74, 6) is -2.89. The third-order valence-electron chi connectivity index (χ3n) is 8.75. The van der Waals surface area contributed by atoms with E-state index >= 15 is 0 Å².